The number of oxime groups is 1. The highest BCUT2D eigenvalue weighted by molar-refractivity contribution is 6.04. The van der Waals surface area contributed by atoms with Gasteiger partial charge in [-0.2, -0.15) is 0 Å². The standard InChI is InChI=1S/C25H23NO/c1-27-26-22-17-23(19-11-5-2-6-12-19)25(21-15-9-4-10-16-21)24(18-22)20-13-7-3-8-14-20/h2-17,24-25H,18H2,1H3/b26-22+. The van der Waals surface area contributed by atoms with Gasteiger partial charge in [-0.05, 0) is 28.3 Å². The Morgan fingerprint density at radius 3 is 1.89 bits per heavy atom. The van der Waals surface area contributed by atoms with Crippen LogP contribution >= 0.6 is 0 Å². The molecule has 27 heavy (non-hydrogen) atoms. The predicted molar refractivity (Wildman–Crippen MR) is 112 cm³/mol. The third-order valence-electron chi connectivity index (χ3n) is 5.19. The normalized spacial score (nSPS) is 20.9. The Morgan fingerprint density at radius 1 is 0.741 bits per heavy atom. The van der Waals surface area contributed by atoms with Crippen LogP contribution in [-0.2, 0) is 4.84 Å². The van der Waals surface area contributed by atoms with Crippen LogP contribution in [0.1, 0.15) is 34.9 Å². The maximum absolute atomic E-state index is 5.13. The summed E-state index contributed by atoms with van der Waals surface area (Å²) in [6.45, 7) is 0. The van der Waals surface area contributed by atoms with E-state index in [-0.39, 0.29) is 5.92 Å². The molecule has 0 spiro atoms. The summed E-state index contributed by atoms with van der Waals surface area (Å²) >= 11 is 0. The van der Waals surface area contributed by atoms with Crippen LogP contribution in [0.3, 0.4) is 0 Å². The minimum absolute atomic E-state index is 0.270. The molecule has 2 nitrogen and oxygen atoms in total. The van der Waals surface area contributed by atoms with E-state index in [1.165, 1.54) is 22.3 Å². The summed E-state index contributed by atoms with van der Waals surface area (Å²) in [7, 11) is 1.61. The van der Waals surface area contributed by atoms with Crippen LogP contribution in [0.5, 0.6) is 0 Å². The molecule has 0 aliphatic heterocycles. The third-order valence-corrected chi connectivity index (χ3v) is 5.19. The van der Waals surface area contributed by atoms with Crippen molar-refractivity contribution >= 4 is 11.3 Å². The van der Waals surface area contributed by atoms with Crippen molar-refractivity contribution in [3.05, 3.63) is 114 Å². The summed E-state index contributed by atoms with van der Waals surface area (Å²) in [6.07, 6.45) is 3.06. The average molecular weight is 353 g/mol. The summed E-state index contributed by atoms with van der Waals surface area (Å²) < 4.78 is 0. The molecular formula is C25H23NO. The largest absolute Gasteiger partial charge is 0.399 e. The van der Waals surface area contributed by atoms with E-state index in [4.69, 9.17) is 4.84 Å². The van der Waals surface area contributed by atoms with Crippen molar-refractivity contribution in [2.45, 2.75) is 18.3 Å². The molecule has 0 aromatic heterocycles. The summed E-state index contributed by atoms with van der Waals surface area (Å²) in [6, 6.07) is 32.1. The maximum Gasteiger partial charge on any atom is 0.106 e. The molecule has 0 radical (unpaired) electrons. The number of allylic oxidation sites excluding steroid dienone is 2. The molecule has 1 aliphatic rings. The van der Waals surface area contributed by atoms with Gasteiger partial charge in [-0.1, -0.05) is 96.2 Å². The molecule has 2 heteroatoms. The van der Waals surface area contributed by atoms with Crippen molar-refractivity contribution in [3.8, 4) is 0 Å². The van der Waals surface area contributed by atoms with Crippen molar-refractivity contribution in [1.82, 2.24) is 0 Å². The minimum Gasteiger partial charge on any atom is -0.399 e. The molecule has 3 aromatic carbocycles. The van der Waals surface area contributed by atoms with E-state index < -0.39 is 0 Å². The Bertz CT molecular complexity index is 930. The van der Waals surface area contributed by atoms with Gasteiger partial charge < -0.3 is 4.84 Å². The second-order valence-electron chi connectivity index (χ2n) is 6.84. The summed E-state index contributed by atoms with van der Waals surface area (Å²) in [5.41, 5.74) is 6.17. The Morgan fingerprint density at radius 2 is 1.30 bits per heavy atom. The number of rotatable bonds is 4. The van der Waals surface area contributed by atoms with Gasteiger partial charge in [0.2, 0.25) is 0 Å². The maximum atomic E-state index is 5.13. The third kappa shape index (κ3) is 3.70. The summed E-state index contributed by atoms with van der Waals surface area (Å²) in [5.74, 6) is 0.578. The van der Waals surface area contributed by atoms with E-state index in [1.807, 2.05) is 0 Å². The quantitative estimate of drug-likeness (QED) is 0.524. The van der Waals surface area contributed by atoms with Gasteiger partial charge in [-0.25, -0.2) is 0 Å². The molecule has 0 N–H and O–H groups in total. The second-order valence-corrected chi connectivity index (χ2v) is 6.84. The summed E-state index contributed by atoms with van der Waals surface area (Å²) in [5, 5.41) is 4.30. The van der Waals surface area contributed by atoms with Gasteiger partial charge in [-0.15, -0.1) is 0 Å². The Labute approximate surface area is 160 Å². The lowest BCUT2D eigenvalue weighted by molar-refractivity contribution is 0.212. The van der Waals surface area contributed by atoms with Crippen LogP contribution in [0.25, 0.3) is 5.57 Å². The van der Waals surface area contributed by atoms with E-state index in [2.05, 4.69) is 102 Å². The molecular weight excluding hydrogens is 330 g/mol. The van der Waals surface area contributed by atoms with E-state index >= 15 is 0 Å². The molecule has 0 bridgehead atoms. The molecule has 3 aromatic rings. The van der Waals surface area contributed by atoms with Gasteiger partial charge in [0.25, 0.3) is 0 Å². The molecule has 0 saturated heterocycles. The van der Waals surface area contributed by atoms with Crippen molar-refractivity contribution < 1.29 is 4.84 Å². The van der Waals surface area contributed by atoms with Crippen molar-refractivity contribution in [2.75, 3.05) is 7.11 Å². The lowest BCUT2D eigenvalue weighted by Crippen LogP contribution is -2.22. The number of benzene rings is 3. The van der Waals surface area contributed by atoms with Crippen molar-refractivity contribution in [2.24, 2.45) is 5.16 Å². The van der Waals surface area contributed by atoms with Gasteiger partial charge in [0.15, 0.2) is 0 Å². The van der Waals surface area contributed by atoms with Crippen LogP contribution in [0, 0.1) is 0 Å². The number of hydrogen-bond donors (Lipinski definition) is 0. The highest BCUT2D eigenvalue weighted by atomic mass is 16.6. The van der Waals surface area contributed by atoms with Crippen LogP contribution < -0.4 is 0 Å². The average Bonchev–Trinajstić information content (AvgIpc) is 2.75. The molecule has 134 valence electrons. The highest BCUT2D eigenvalue weighted by Gasteiger charge is 2.33. The SMILES string of the molecule is CO/N=C1\C=C(c2ccccc2)C(c2ccccc2)C(c2ccccc2)C1. The zero-order valence-electron chi connectivity index (χ0n) is 15.5. The van der Waals surface area contributed by atoms with Gasteiger partial charge in [-0.3, -0.25) is 0 Å². The van der Waals surface area contributed by atoms with Crippen molar-refractivity contribution in [3.63, 3.8) is 0 Å². The first-order chi connectivity index (χ1) is 13.4. The van der Waals surface area contributed by atoms with Crippen LogP contribution in [0.2, 0.25) is 0 Å². The smallest absolute Gasteiger partial charge is 0.106 e. The molecule has 4 rings (SSSR count). The first-order valence-corrected chi connectivity index (χ1v) is 9.33. The predicted octanol–water partition coefficient (Wildman–Crippen LogP) is 6.04. The number of nitrogens with zero attached hydrogens (tertiary/aromatic N) is 1. The Kier molecular flexibility index (Phi) is 5.15. The highest BCUT2D eigenvalue weighted by Crippen LogP contribution is 2.47. The summed E-state index contributed by atoms with van der Waals surface area (Å²) in [4.78, 5) is 5.13. The molecule has 2 atom stereocenters. The van der Waals surface area contributed by atoms with Gasteiger partial charge >= 0.3 is 0 Å². The zero-order chi connectivity index (χ0) is 18.5. The fourth-order valence-electron chi connectivity index (χ4n) is 4.05. The van der Waals surface area contributed by atoms with E-state index in [0.717, 1.165) is 12.1 Å². The fraction of sp³-hybridized carbons (Fsp3) is 0.160. The van der Waals surface area contributed by atoms with Crippen LogP contribution in [-0.4, -0.2) is 12.8 Å². The van der Waals surface area contributed by atoms with Crippen LogP contribution in [0.4, 0.5) is 0 Å². The molecule has 0 amide bonds. The minimum atomic E-state index is 0.270. The van der Waals surface area contributed by atoms with E-state index in [1.54, 1.807) is 7.11 Å². The number of hydrogen-bond acceptors (Lipinski definition) is 2. The first-order valence-electron chi connectivity index (χ1n) is 9.33. The molecule has 0 fully saturated rings. The van der Waals surface area contributed by atoms with Crippen molar-refractivity contribution in [1.29, 1.82) is 0 Å². The monoisotopic (exact) mass is 353 g/mol. The van der Waals surface area contributed by atoms with Gasteiger partial charge in [0, 0.05) is 18.3 Å². The Hall–Kier alpha value is -3.13. The topological polar surface area (TPSA) is 21.6 Å². The lowest BCUT2D eigenvalue weighted by atomic mass is 9.69. The van der Waals surface area contributed by atoms with Crippen LogP contribution in [0.15, 0.2) is 102 Å². The molecule has 0 heterocycles. The van der Waals surface area contributed by atoms with E-state index in [0.29, 0.717) is 5.92 Å². The molecule has 1 aliphatic carbocycles. The van der Waals surface area contributed by atoms with Gasteiger partial charge in [0.1, 0.15) is 7.11 Å². The second kappa shape index (κ2) is 8.05. The lowest BCUT2D eigenvalue weighted by Gasteiger charge is -2.34. The molecule has 2 unspecified atom stereocenters. The van der Waals surface area contributed by atoms with E-state index in [9.17, 15) is 0 Å². The first kappa shape index (κ1) is 17.3. The molecule has 0 saturated carbocycles. The Balaban J connectivity index is 1.90. The van der Waals surface area contributed by atoms with Gasteiger partial charge in [0.05, 0.1) is 5.71 Å². The fourth-order valence-corrected chi connectivity index (χ4v) is 4.05. The zero-order valence-corrected chi connectivity index (χ0v) is 15.5.